The molecular weight excluding hydrogens is 452 g/mol. The molecule has 1 aliphatic heterocycles. The summed E-state index contributed by atoms with van der Waals surface area (Å²) in [5.74, 6) is -0.573. The van der Waals surface area contributed by atoms with Crippen LogP contribution in [0.1, 0.15) is 32.6 Å². The van der Waals surface area contributed by atoms with Crippen LogP contribution in [0.25, 0.3) is 0 Å². The molecule has 3 aromatic carbocycles. The Labute approximate surface area is 203 Å². The molecule has 1 unspecified atom stereocenters. The van der Waals surface area contributed by atoms with E-state index >= 15 is 0 Å². The highest BCUT2D eigenvalue weighted by atomic mass is 35.5. The summed E-state index contributed by atoms with van der Waals surface area (Å²) in [7, 11) is 1.33. The fourth-order valence-corrected chi connectivity index (χ4v) is 4.42. The Kier molecular flexibility index (Phi) is 7.28. The largest absolute Gasteiger partial charge is 0.465 e. The normalized spacial score (nSPS) is 14.8. The lowest BCUT2D eigenvalue weighted by atomic mass is 9.93. The minimum atomic E-state index is -0.607. The van der Waals surface area contributed by atoms with Crippen LogP contribution in [0.15, 0.2) is 72.8 Å². The van der Waals surface area contributed by atoms with Crippen molar-refractivity contribution in [3.05, 3.63) is 106 Å². The minimum absolute atomic E-state index is 0.154. The number of rotatable bonds is 7. The van der Waals surface area contributed by atoms with E-state index in [-0.39, 0.29) is 5.91 Å². The lowest BCUT2D eigenvalue weighted by molar-refractivity contribution is -0.143. The van der Waals surface area contributed by atoms with Crippen LogP contribution < -0.4 is 0 Å². The van der Waals surface area contributed by atoms with E-state index in [1.54, 1.807) is 40.1 Å². The van der Waals surface area contributed by atoms with Crippen molar-refractivity contribution in [3.8, 4) is 0 Å². The van der Waals surface area contributed by atoms with Crippen molar-refractivity contribution >= 4 is 29.9 Å². The summed E-state index contributed by atoms with van der Waals surface area (Å²) < 4.78 is 4.76. The zero-order chi connectivity index (χ0) is 24.1. The molecule has 2 amide bonds. The molecule has 0 N–H and O–H groups in total. The van der Waals surface area contributed by atoms with Crippen molar-refractivity contribution in [1.82, 2.24) is 9.80 Å². The first-order chi connectivity index (χ1) is 16.5. The van der Waals surface area contributed by atoms with Crippen LogP contribution in [0.2, 0.25) is 5.02 Å². The first kappa shape index (κ1) is 23.5. The van der Waals surface area contributed by atoms with Gasteiger partial charge < -0.3 is 14.5 Å². The Morgan fingerprint density at radius 2 is 1.68 bits per heavy atom. The van der Waals surface area contributed by atoms with Crippen LogP contribution in [0.3, 0.4) is 0 Å². The molecule has 0 saturated carbocycles. The Morgan fingerprint density at radius 3 is 2.35 bits per heavy atom. The SMILES string of the molecule is COC(=O)c1ccc(CN(Cc2ccccc2Cl)C(=O)C2Cc3ccccc3CN2C=O)cc1. The van der Waals surface area contributed by atoms with Crippen LogP contribution in [0.5, 0.6) is 0 Å². The van der Waals surface area contributed by atoms with Gasteiger partial charge in [-0.25, -0.2) is 4.79 Å². The average molecular weight is 477 g/mol. The molecule has 6 nitrogen and oxygen atoms in total. The van der Waals surface area contributed by atoms with E-state index in [9.17, 15) is 14.4 Å². The van der Waals surface area contributed by atoms with E-state index in [0.29, 0.717) is 36.6 Å². The highest BCUT2D eigenvalue weighted by molar-refractivity contribution is 6.31. The molecule has 0 aliphatic carbocycles. The number of fused-ring (bicyclic) bond motifs is 1. The van der Waals surface area contributed by atoms with Crippen molar-refractivity contribution in [2.75, 3.05) is 7.11 Å². The molecular formula is C27H25ClN2O4. The van der Waals surface area contributed by atoms with Crippen LogP contribution >= 0.6 is 11.6 Å². The number of ether oxygens (including phenoxy) is 1. The Bertz CT molecular complexity index is 1200. The number of halogens is 1. The molecule has 0 spiro atoms. The van der Waals surface area contributed by atoms with E-state index in [4.69, 9.17) is 16.3 Å². The van der Waals surface area contributed by atoms with Gasteiger partial charge in [-0.15, -0.1) is 0 Å². The first-order valence-electron chi connectivity index (χ1n) is 11.0. The Balaban J connectivity index is 1.63. The molecule has 7 heteroatoms. The lowest BCUT2D eigenvalue weighted by Gasteiger charge is -2.36. The number of benzene rings is 3. The molecule has 0 fully saturated rings. The predicted molar refractivity (Wildman–Crippen MR) is 129 cm³/mol. The zero-order valence-corrected chi connectivity index (χ0v) is 19.6. The minimum Gasteiger partial charge on any atom is -0.465 e. The number of nitrogens with zero attached hydrogens (tertiary/aromatic N) is 2. The molecule has 1 heterocycles. The molecule has 0 aromatic heterocycles. The molecule has 1 atom stereocenters. The van der Waals surface area contributed by atoms with Crippen molar-refractivity contribution in [3.63, 3.8) is 0 Å². The van der Waals surface area contributed by atoms with E-state index < -0.39 is 12.0 Å². The molecule has 0 saturated heterocycles. The van der Waals surface area contributed by atoms with Gasteiger partial charge >= 0.3 is 5.97 Å². The number of carbonyl (C=O) groups excluding carboxylic acids is 3. The summed E-state index contributed by atoms with van der Waals surface area (Å²) in [5, 5.41) is 0.572. The van der Waals surface area contributed by atoms with E-state index in [2.05, 4.69) is 0 Å². The first-order valence-corrected chi connectivity index (χ1v) is 11.3. The van der Waals surface area contributed by atoms with Crippen LogP contribution in [-0.2, 0) is 40.4 Å². The second-order valence-corrected chi connectivity index (χ2v) is 8.65. The van der Waals surface area contributed by atoms with Gasteiger partial charge in [0.15, 0.2) is 0 Å². The Morgan fingerprint density at radius 1 is 1.00 bits per heavy atom. The number of esters is 1. The highest BCUT2D eigenvalue weighted by Gasteiger charge is 2.33. The van der Waals surface area contributed by atoms with Gasteiger partial charge in [0.05, 0.1) is 12.7 Å². The van der Waals surface area contributed by atoms with Gasteiger partial charge in [0.1, 0.15) is 6.04 Å². The van der Waals surface area contributed by atoms with Crippen molar-refractivity contribution in [2.45, 2.75) is 32.1 Å². The molecule has 174 valence electrons. The zero-order valence-electron chi connectivity index (χ0n) is 18.8. The van der Waals surface area contributed by atoms with Gasteiger partial charge in [0.25, 0.3) is 0 Å². The van der Waals surface area contributed by atoms with Gasteiger partial charge in [0.2, 0.25) is 12.3 Å². The van der Waals surface area contributed by atoms with Gasteiger partial charge in [-0.2, -0.15) is 0 Å². The average Bonchev–Trinajstić information content (AvgIpc) is 2.88. The second kappa shape index (κ2) is 10.5. The summed E-state index contributed by atoms with van der Waals surface area (Å²) in [4.78, 5) is 40.8. The molecule has 3 aromatic rings. The van der Waals surface area contributed by atoms with Gasteiger partial charge in [-0.05, 0) is 40.5 Å². The number of carbonyl (C=O) groups is 3. The summed E-state index contributed by atoms with van der Waals surface area (Å²) in [6.45, 7) is 0.988. The van der Waals surface area contributed by atoms with Gasteiger partial charge in [-0.1, -0.05) is 66.2 Å². The van der Waals surface area contributed by atoms with E-state index in [1.165, 1.54) is 7.11 Å². The maximum Gasteiger partial charge on any atom is 0.337 e. The van der Waals surface area contributed by atoms with Crippen LogP contribution in [-0.4, -0.2) is 41.2 Å². The fourth-order valence-electron chi connectivity index (χ4n) is 4.22. The van der Waals surface area contributed by atoms with Crippen LogP contribution in [0.4, 0.5) is 0 Å². The lowest BCUT2D eigenvalue weighted by Crippen LogP contribution is -2.50. The monoisotopic (exact) mass is 476 g/mol. The molecule has 4 rings (SSSR count). The van der Waals surface area contributed by atoms with E-state index in [1.807, 2.05) is 42.5 Å². The van der Waals surface area contributed by atoms with E-state index in [0.717, 1.165) is 28.7 Å². The molecule has 0 radical (unpaired) electrons. The number of methoxy groups -OCH3 is 1. The molecule has 0 bridgehead atoms. The predicted octanol–water partition coefficient (Wildman–Crippen LogP) is 4.24. The third kappa shape index (κ3) is 5.13. The second-order valence-electron chi connectivity index (χ2n) is 8.24. The summed E-state index contributed by atoms with van der Waals surface area (Å²) >= 11 is 6.40. The smallest absolute Gasteiger partial charge is 0.337 e. The topological polar surface area (TPSA) is 66.9 Å². The molecule has 1 aliphatic rings. The third-order valence-electron chi connectivity index (χ3n) is 6.08. The number of amides is 2. The van der Waals surface area contributed by atoms with Crippen molar-refractivity contribution in [2.24, 2.45) is 0 Å². The van der Waals surface area contributed by atoms with Crippen LogP contribution in [0, 0.1) is 0 Å². The quantitative estimate of drug-likeness (QED) is 0.378. The fraction of sp³-hybridized carbons (Fsp3) is 0.222. The van der Waals surface area contributed by atoms with Gasteiger partial charge in [-0.3, -0.25) is 9.59 Å². The Hall–Kier alpha value is -3.64. The molecule has 34 heavy (non-hydrogen) atoms. The number of hydrogen-bond acceptors (Lipinski definition) is 4. The summed E-state index contributed by atoms with van der Waals surface area (Å²) in [6.07, 6.45) is 1.20. The van der Waals surface area contributed by atoms with Gasteiger partial charge in [0, 0.05) is 31.1 Å². The third-order valence-corrected chi connectivity index (χ3v) is 6.45. The summed E-state index contributed by atoms with van der Waals surface area (Å²) in [5.41, 5.74) is 4.22. The maximum absolute atomic E-state index is 13.8. The standard InChI is InChI=1S/C27H25ClN2O4/c1-34-27(33)20-12-10-19(11-13-20)15-29(17-23-8-4-5-9-24(23)28)26(32)25-14-21-6-2-3-7-22(21)16-30(25)18-31/h2-13,18,25H,14-17H2,1H3. The number of hydrogen-bond donors (Lipinski definition) is 0. The highest BCUT2D eigenvalue weighted by Crippen LogP contribution is 2.26. The summed E-state index contributed by atoms with van der Waals surface area (Å²) in [6, 6.07) is 21.6. The van der Waals surface area contributed by atoms with Crippen molar-refractivity contribution in [1.29, 1.82) is 0 Å². The van der Waals surface area contributed by atoms with Crippen molar-refractivity contribution < 1.29 is 19.1 Å². The maximum atomic E-state index is 13.8.